The van der Waals surface area contributed by atoms with Gasteiger partial charge in [-0.2, -0.15) is 0 Å². The van der Waals surface area contributed by atoms with Crippen LogP contribution < -0.4 is 51.4 Å². The zero-order valence-corrected chi connectivity index (χ0v) is 19.2. The Morgan fingerprint density at radius 2 is 2.27 bits per heavy atom. The number of aliphatic hydroxyl groups is 1. The zero-order chi connectivity index (χ0) is 18.2. The molecule has 0 amide bonds. The first-order valence-corrected chi connectivity index (χ1v) is 9.10. The second-order valence-corrected chi connectivity index (χ2v) is 6.82. The molecule has 0 bridgehead atoms. The molecule has 1 aliphatic rings. The molecule has 0 spiro atoms. The molecule has 1 aromatic rings. The van der Waals surface area contributed by atoms with Crippen molar-refractivity contribution in [2.45, 2.75) is 70.8 Å². The molecule has 2 N–H and O–H groups in total. The summed E-state index contributed by atoms with van der Waals surface area (Å²) in [5.41, 5.74) is 1.22. The van der Waals surface area contributed by atoms with Gasteiger partial charge >= 0.3 is 57.4 Å². The van der Waals surface area contributed by atoms with E-state index in [1.807, 2.05) is 19.9 Å². The Kier molecular flexibility index (Phi) is 11.1. The number of carboxylic acid groups (broad SMARTS) is 1. The summed E-state index contributed by atoms with van der Waals surface area (Å²) in [5, 5.41) is 18.9. The van der Waals surface area contributed by atoms with Crippen LogP contribution in [-0.2, 0) is 17.6 Å². The van der Waals surface area contributed by atoms with Gasteiger partial charge in [0.25, 0.3) is 0 Å². The van der Waals surface area contributed by atoms with Crippen LogP contribution in [0.5, 0.6) is 0 Å². The van der Waals surface area contributed by atoms with Crippen molar-refractivity contribution >= 4 is 5.97 Å². The van der Waals surface area contributed by atoms with Gasteiger partial charge in [0.15, 0.2) is 0 Å². The number of hydrogen-bond donors (Lipinski definition) is 2. The summed E-state index contributed by atoms with van der Waals surface area (Å²) in [4.78, 5) is 10.5. The normalized spacial score (nSPS) is 17.9. The van der Waals surface area contributed by atoms with E-state index in [1.165, 1.54) is 5.56 Å². The fraction of sp³-hybridized carbons (Fsp3) is 0.571. The van der Waals surface area contributed by atoms with E-state index in [4.69, 9.17) is 9.52 Å². The van der Waals surface area contributed by atoms with E-state index in [1.54, 1.807) is 0 Å². The third-order valence-electron chi connectivity index (χ3n) is 4.76. The van der Waals surface area contributed by atoms with Crippen LogP contribution in [0.1, 0.15) is 70.4 Å². The van der Waals surface area contributed by atoms with Crippen LogP contribution in [0.4, 0.5) is 0 Å². The molecule has 138 valence electrons. The van der Waals surface area contributed by atoms with E-state index in [0.29, 0.717) is 18.8 Å². The van der Waals surface area contributed by atoms with Gasteiger partial charge in [0.05, 0.1) is 6.10 Å². The van der Waals surface area contributed by atoms with Crippen LogP contribution in [0.25, 0.3) is 0 Å². The number of carbonyl (C=O) groups is 1. The maximum Gasteiger partial charge on any atom is 1.00 e. The Bertz CT molecular complexity index is 671. The maximum absolute atomic E-state index is 10.5. The molecule has 5 heteroatoms. The SMILES string of the molecule is CC#CC[C@H](C)[C@H](O)C=C[C@H]1CCc2oc(CCCCC(=O)O)cc21.[H-].[K+]. The Morgan fingerprint density at radius 3 is 2.96 bits per heavy atom. The summed E-state index contributed by atoms with van der Waals surface area (Å²) in [5.74, 6) is 7.54. The van der Waals surface area contributed by atoms with E-state index in [-0.39, 0.29) is 65.1 Å². The van der Waals surface area contributed by atoms with E-state index in [0.717, 1.165) is 37.2 Å². The van der Waals surface area contributed by atoms with Crippen LogP contribution in [0.2, 0.25) is 0 Å². The van der Waals surface area contributed by atoms with Gasteiger partial charge < -0.3 is 16.1 Å². The van der Waals surface area contributed by atoms with Crippen molar-refractivity contribution in [3.63, 3.8) is 0 Å². The number of carboxylic acids is 1. The smallest absolute Gasteiger partial charge is 1.00 e. The number of aliphatic hydroxyl groups excluding tert-OH is 1. The summed E-state index contributed by atoms with van der Waals surface area (Å²) in [6.45, 7) is 3.82. The molecule has 1 aliphatic carbocycles. The molecule has 0 unspecified atom stereocenters. The number of allylic oxidation sites excluding steroid dienone is 1. The minimum Gasteiger partial charge on any atom is -1.00 e. The second-order valence-electron chi connectivity index (χ2n) is 6.82. The Balaban J connectivity index is 0.00000338. The molecule has 0 fully saturated rings. The summed E-state index contributed by atoms with van der Waals surface area (Å²) in [6.07, 6.45) is 8.64. The maximum atomic E-state index is 10.5. The minimum atomic E-state index is -0.746. The van der Waals surface area contributed by atoms with E-state index < -0.39 is 12.1 Å². The molecule has 0 aromatic carbocycles. The molecule has 0 radical (unpaired) electrons. The predicted molar refractivity (Wildman–Crippen MR) is 98.5 cm³/mol. The molecule has 1 aromatic heterocycles. The van der Waals surface area contributed by atoms with Crippen LogP contribution in [0.3, 0.4) is 0 Å². The van der Waals surface area contributed by atoms with Crippen molar-refractivity contribution in [2.75, 3.05) is 0 Å². The molecular weight excluding hydrogens is 355 g/mol. The summed E-state index contributed by atoms with van der Waals surface area (Å²) < 4.78 is 5.91. The number of furan rings is 1. The number of rotatable bonds is 9. The first kappa shape index (κ1) is 23.7. The fourth-order valence-electron chi connectivity index (χ4n) is 3.17. The third kappa shape index (κ3) is 7.34. The number of fused-ring (bicyclic) bond motifs is 1. The van der Waals surface area contributed by atoms with Crippen molar-refractivity contribution in [1.82, 2.24) is 0 Å². The first-order valence-electron chi connectivity index (χ1n) is 9.10. The minimum absolute atomic E-state index is 0. The topological polar surface area (TPSA) is 70.7 Å². The summed E-state index contributed by atoms with van der Waals surface area (Å²) in [7, 11) is 0. The molecule has 0 saturated heterocycles. The van der Waals surface area contributed by atoms with Crippen molar-refractivity contribution in [2.24, 2.45) is 5.92 Å². The summed E-state index contributed by atoms with van der Waals surface area (Å²) >= 11 is 0. The van der Waals surface area contributed by atoms with Crippen molar-refractivity contribution in [3.8, 4) is 11.8 Å². The van der Waals surface area contributed by atoms with Gasteiger partial charge in [0.2, 0.25) is 0 Å². The summed E-state index contributed by atoms with van der Waals surface area (Å²) in [6, 6.07) is 2.11. The van der Waals surface area contributed by atoms with Gasteiger partial charge in [0.1, 0.15) is 11.5 Å². The van der Waals surface area contributed by atoms with Gasteiger partial charge in [-0.15, -0.1) is 11.8 Å². The van der Waals surface area contributed by atoms with E-state index >= 15 is 0 Å². The van der Waals surface area contributed by atoms with Crippen LogP contribution in [0, 0.1) is 17.8 Å². The van der Waals surface area contributed by atoms with Crippen LogP contribution in [-0.4, -0.2) is 22.3 Å². The Morgan fingerprint density at radius 1 is 1.50 bits per heavy atom. The Hall–Kier alpha value is -0.354. The van der Waals surface area contributed by atoms with E-state index in [2.05, 4.69) is 24.0 Å². The molecule has 1 heterocycles. The quantitative estimate of drug-likeness (QED) is 0.290. The van der Waals surface area contributed by atoms with Crippen LogP contribution >= 0.6 is 0 Å². The number of hydrogen-bond acceptors (Lipinski definition) is 3. The molecule has 4 nitrogen and oxygen atoms in total. The zero-order valence-electron chi connectivity index (χ0n) is 17.1. The first-order chi connectivity index (χ1) is 12.0. The van der Waals surface area contributed by atoms with Crippen molar-refractivity contribution in [1.29, 1.82) is 0 Å². The largest absolute Gasteiger partial charge is 1.00 e. The van der Waals surface area contributed by atoms with E-state index in [9.17, 15) is 9.90 Å². The molecular formula is C21H29KO4. The third-order valence-corrected chi connectivity index (χ3v) is 4.76. The Labute approximate surface area is 200 Å². The number of aliphatic carboxylic acids is 1. The average molecular weight is 385 g/mol. The van der Waals surface area contributed by atoms with Crippen LogP contribution in [0.15, 0.2) is 22.6 Å². The van der Waals surface area contributed by atoms with Gasteiger partial charge in [0, 0.05) is 37.2 Å². The molecule has 0 aliphatic heterocycles. The number of aryl methyl sites for hydroxylation is 2. The van der Waals surface area contributed by atoms with Gasteiger partial charge in [-0.1, -0.05) is 19.1 Å². The molecule has 2 rings (SSSR count). The van der Waals surface area contributed by atoms with Crippen molar-refractivity contribution < 1.29 is 72.2 Å². The molecule has 3 atom stereocenters. The van der Waals surface area contributed by atoms with Gasteiger partial charge in [-0.05, 0) is 38.2 Å². The monoisotopic (exact) mass is 384 g/mol. The molecule has 0 saturated carbocycles. The fourth-order valence-corrected chi connectivity index (χ4v) is 3.17. The number of unbranched alkanes of at least 4 members (excludes halogenated alkanes) is 1. The average Bonchev–Trinajstić information content (AvgIpc) is 3.14. The molecule has 26 heavy (non-hydrogen) atoms. The van der Waals surface area contributed by atoms with Gasteiger partial charge in [-0.25, -0.2) is 0 Å². The van der Waals surface area contributed by atoms with Gasteiger partial charge in [-0.3, -0.25) is 4.79 Å². The predicted octanol–water partition coefficient (Wildman–Crippen LogP) is 1.19. The van der Waals surface area contributed by atoms with Crippen molar-refractivity contribution in [3.05, 3.63) is 35.3 Å². The second kappa shape index (κ2) is 12.2. The standard InChI is InChI=1S/C21H28O4.K.H/c1-3-4-7-15(2)19(22)12-10-16-11-13-20-18(16)14-17(25-20)8-5-6-9-21(23)24;;/h10,12,14-16,19,22H,5-9,11,13H2,1-2H3,(H,23,24);;/q;+1;-1/t15-,16-,19+;;/m0../s1.